The van der Waals surface area contributed by atoms with Crippen molar-refractivity contribution in [1.29, 1.82) is 0 Å². The van der Waals surface area contributed by atoms with Gasteiger partial charge in [-0.1, -0.05) is 6.92 Å². The molecular weight excluding hydrogens is 369 g/mol. The summed E-state index contributed by atoms with van der Waals surface area (Å²) in [6, 6.07) is 7.12. The first-order valence-electron chi connectivity index (χ1n) is 6.74. The molecule has 0 unspecified atom stereocenters. The molecule has 1 fully saturated rings. The van der Waals surface area contributed by atoms with Gasteiger partial charge in [-0.25, -0.2) is 4.79 Å². The van der Waals surface area contributed by atoms with Crippen LogP contribution in [-0.4, -0.2) is 22.5 Å². The summed E-state index contributed by atoms with van der Waals surface area (Å²) in [6.45, 7) is 2.12. The van der Waals surface area contributed by atoms with E-state index in [1.807, 2.05) is 12.1 Å². The summed E-state index contributed by atoms with van der Waals surface area (Å²) in [4.78, 5) is 23.8. The lowest BCUT2D eigenvalue weighted by Gasteiger charge is -2.36. The number of amides is 1. The van der Waals surface area contributed by atoms with E-state index in [0.717, 1.165) is 16.4 Å². The molecule has 1 saturated carbocycles. The van der Waals surface area contributed by atoms with E-state index in [0.29, 0.717) is 24.3 Å². The first-order valence-corrected chi connectivity index (χ1v) is 7.82. The van der Waals surface area contributed by atoms with E-state index in [9.17, 15) is 14.7 Å². The predicted molar refractivity (Wildman–Crippen MR) is 84.6 cm³/mol. The van der Waals surface area contributed by atoms with E-state index in [1.54, 1.807) is 12.1 Å². The Bertz CT molecular complexity index is 504. The standard InChI is InChI=1S/C15H18INO3/c1-10-6-8-15(9-7-10,14(19)20)17-13(18)11-2-4-12(16)5-3-11/h2-5,10H,6-9H2,1H3,(H,17,18)(H,19,20). The molecule has 0 heterocycles. The minimum atomic E-state index is -1.10. The summed E-state index contributed by atoms with van der Waals surface area (Å²) in [5.41, 5.74) is -0.600. The van der Waals surface area contributed by atoms with E-state index in [2.05, 4.69) is 34.8 Å². The Morgan fingerprint density at radius 3 is 2.30 bits per heavy atom. The molecule has 0 bridgehead atoms. The number of carbonyl (C=O) groups is 2. The summed E-state index contributed by atoms with van der Waals surface area (Å²) < 4.78 is 1.04. The molecular formula is C15H18INO3. The highest BCUT2D eigenvalue weighted by Gasteiger charge is 2.42. The van der Waals surface area contributed by atoms with Crippen LogP contribution in [0.4, 0.5) is 0 Å². The van der Waals surface area contributed by atoms with E-state index >= 15 is 0 Å². The summed E-state index contributed by atoms with van der Waals surface area (Å²) in [5.74, 6) is -0.709. The Labute approximate surface area is 132 Å². The average Bonchev–Trinajstić information content (AvgIpc) is 2.42. The van der Waals surface area contributed by atoms with E-state index < -0.39 is 11.5 Å². The van der Waals surface area contributed by atoms with Gasteiger partial charge in [0, 0.05) is 9.13 Å². The normalized spacial score (nSPS) is 26.0. The number of halogens is 1. The van der Waals surface area contributed by atoms with Crippen LogP contribution in [0.15, 0.2) is 24.3 Å². The minimum Gasteiger partial charge on any atom is -0.480 e. The van der Waals surface area contributed by atoms with Crippen molar-refractivity contribution in [1.82, 2.24) is 5.32 Å². The number of rotatable bonds is 3. The zero-order valence-electron chi connectivity index (χ0n) is 11.4. The largest absolute Gasteiger partial charge is 0.480 e. The minimum absolute atomic E-state index is 0.307. The number of carboxylic acids is 1. The van der Waals surface area contributed by atoms with Crippen molar-refractivity contribution < 1.29 is 14.7 Å². The van der Waals surface area contributed by atoms with Crippen LogP contribution in [0.1, 0.15) is 43.0 Å². The topological polar surface area (TPSA) is 66.4 Å². The molecule has 0 saturated heterocycles. The van der Waals surface area contributed by atoms with E-state index in [1.165, 1.54) is 0 Å². The molecule has 4 nitrogen and oxygen atoms in total. The van der Waals surface area contributed by atoms with Crippen LogP contribution < -0.4 is 5.32 Å². The molecule has 1 amide bonds. The van der Waals surface area contributed by atoms with Crippen LogP contribution >= 0.6 is 22.6 Å². The lowest BCUT2D eigenvalue weighted by molar-refractivity contribution is -0.146. The zero-order chi connectivity index (χ0) is 14.8. The fourth-order valence-electron chi connectivity index (χ4n) is 2.54. The van der Waals surface area contributed by atoms with Gasteiger partial charge in [-0.05, 0) is 78.5 Å². The van der Waals surface area contributed by atoms with Gasteiger partial charge >= 0.3 is 5.97 Å². The second kappa shape index (κ2) is 6.11. The molecule has 1 aliphatic carbocycles. The molecule has 1 aromatic rings. The van der Waals surface area contributed by atoms with Crippen LogP contribution in [0.3, 0.4) is 0 Å². The molecule has 2 rings (SSSR count). The van der Waals surface area contributed by atoms with Crippen LogP contribution in [0.2, 0.25) is 0 Å². The number of benzene rings is 1. The van der Waals surface area contributed by atoms with Gasteiger partial charge in [0.05, 0.1) is 0 Å². The fraction of sp³-hybridized carbons (Fsp3) is 0.467. The van der Waals surface area contributed by atoms with Crippen molar-refractivity contribution >= 4 is 34.5 Å². The molecule has 5 heteroatoms. The molecule has 0 aliphatic heterocycles. The van der Waals surface area contributed by atoms with Gasteiger partial charge in [0.2, 0.25) is 0 Å². The van der Waals surface area contributed by atoms with Crippen molar-refractivity contribution in [2.45, 2.75) is 38.1 Å². The Morgan fingerprint density at radius 2 is 1.80 bits per heavy atom. The fourth-order valence-corrected chi connectivity index (χ4v) is 2.90. The third-order valence-electron chi connectivity index (χ3n) is 4.00. The maximum atomic E-state index is 12.2. The molecule has 108 valence electrons. The van der Waals surface area contributed by atoms with Crippen molar-refractivity contribution in [3.63, 3.8) is 0 Å². The highest BCUT2D eigenvalue weighted by atomic mass is 127. The van der Waals surface area contributed by atoms with Gasteiger partial charge < -0.3 is 10.4 Å². The first kappa shape index (κ1) is 15.3. The SMILES string of the molecule is CC1CCC(NC(=O)c2ccc(I)cc2)(C(=O)O)CC1. The lowest BCUT2D eigenvalue weighted by Crippen LogP contribution is -2.56. The van der Waals surface area contributed by atoms with Gasteiger partial charge in [0.15, 0.2) is 0 Å². The van der Waals surface area contributed by atoms with Crippen LogP contribution in [0, 0.1) is 9.49 Å². The molecule has 1 aliphatic rings. The predicted octanol–water partition coefficient (Wildman–Crippen LogP) is 3.05. The quantitative estimate of drug-likeness (QED) is 0.784. The van der Waals surface area contributed by atoms with Crippen LogP contribution in [0.25, 0.3) is 0 Å². The monoisotopic (exact) mass is 387 g/mol. The second-order valence-electron chi connectivity index (χ2n) is 5.53. The number of carboxylic acid groups (broad SMARTS) is 1. The molecule has 20 heavy (non-hydrogen) atoms. The Kier molecular flexibility index (Phi) is 4.67. The summed E-state index contributed by atoms with van der Waals surface area (Å²) in [6.07, 6.45) is 2.66. The third kappa shape index (κ3) is 3.31. The number of aliphatic carboxylic acids is 1. The number of hydrogen-bond acceptors (Lipinski definition) is 2. The first-order chi connectivity index (χ1) is 9.43. The molecule has 0 radical (unpaired) electrons. The van der Waals surface area contributed by atoms with Crippen molar-refractivity contribution in [2.24, 2.45) is 5.92 Å². The summed E-state index contributed by atoms with van der Waals surface area (Å²) in [7, 11) is 0. The molecule has 1 aromatic carbocycles. The number of nitrogens with one attached hydrogen (secondary N) is 1. The summed E-state index contributed by atoms with van der Waals surface area (Å²) in [5, 5.41) is 12.2. The van der Waals surface area contributed by atoms with Gasteiger partial charge in [-0.15, -0.1) is 0 Å². The molecule has 0 atom stereocenters. The van der Waals surface area contributed by atoms with Gasteiger partial charge in [-0.3, -0.25) is 4.79 Å². The van der Waals surface area contributed by atoms with Crippen LogP contribution in [0.5, 0.6) is 0 Å². The van der Waals surface area contributed by atoms with E-state index in [-0.39, 0.29) is 5.91 Å². The van der Waals surface area contributed by atoms with Gasteiger partial charge in [0.25, 0.3) is 5.91 Å². The Hall–Kier alpha value is -1.11. The second-order valence-corrected chi connectivity index (χ2v) is 6.78. The van der Waals surface area contributed by atoms with Crippen LogP contribution in [-0.2, 0) is 4.79 Å². The average molecular weight is 387 g/mol. The van der Waals surface area contributed by atoms with Crippen molar-refractivity contribution in [3.8, 4) is 0 Å². The highest BCUT2D eigenvalue weighted by molar-refractivity contribution is 14.1. The Balaban J connectivity index is 2.14. The zero-order valence-corrected chi connectivity index (χ0v) is 13.5. The van der Waals surface area contributed by atoms with Gasteiger partial charge in [0.1, 0.15) is 5.54 Å². The molecule has 0 aromatic heterocycles. The summed E-state index contributed by atoms with van der Waals surface area (Å²) >= 11 is 2.17. The van der Waals surface area contributed by atoms with E-state index in [4.69, 9.17) is 0 Å². The van der Waals surface area contributed by atoms with Crippen molar-refractivity contribution in [3.05, 3.63) is 33.4 Å². The number of carbonyl (C=O) groups excluding carboxylic acids is 1. The van der Waals surface area contributed by atoms with Gasteiger partial charge in [-0.2, -0.15) is 0 Å². The lowest BCUT2D eigenvalue weighted by atomic mass is 9.77. The maximum absolute atomic E-state index is 12.2. The highest BCUT2D eigenvalue weighted by Crippen LogP contribution is 2.32. The number of hydrogen-bond donors (Lipinski definition) is 2. The molecule has 2 N–H and O–H groups in total. The van der Waals surface area contributed by atoms with Crippen molar-refractivity contribution in [2.75, 3.05) is 0 Å². The maximum Gasteiger partial charge on any atom is 0.329 e. The third-order valence-corrected chi connectivity index (χ3v) is 4.72. The Morgan fingerprint density at radius 1 is 1.25 bits per heavy atom. The molecule has 0 spiro atoms. The smallest absolute Gasteiger partial charge is 0.329 e.